The van der Waals surface area contributed by atoms with Crippen molar-refractivity contribution in [2.45, 2.75) is 184 Å². The number of likely N-dealkylation sites (N-methyl/N-ethyl adjacent to an activating group) is 4. The molecule has 0 aromatic heterocycles. The Kier molecular flexibility index (Phi) is 59.5. The molecule has 0 aliphatic heterocycles. The number of ether oxygens (including phenoxy) is 4. The van der Waals surface area contributed by atoms with Gasteiger partial charge < -0.3 is 65.4 Å². The molecular weight excluding hydrogens is 1410 g/mol. The lowest BCUT2D eigenvalue weighted by Crippen LogP contribution is -2.45. The van der Waals surface area contributed by atoms with Crippen LogP contribution in [-0.4, -0.2) is 340 Å². The van der Waals surface area contributed by atoms with E-state index in [4.69, 9.17) is 18.9 Å². The van der Waals surface area contributed by atoms with Gasteiger partial charge in [-0.15, -0.1) is 0 Å². The predicted octanol–water partition coefficient (Wildman–Crippen LogP) is 12.5. The number of Topliss-reactive ketones (excluding diaryl/α,β-unsaturated/α-hetero) is 2. The second-order valence-electron chi connectivity index (χ2n) is 37.1. The first-order valence-corrected chi connectivity index (χ1v) is 41.6. The SMILES string of the molecule is C=C(C)C(=O)CCCC[N+](C)(C)CCCCCC[N+](C)(C)CCCNC(=O)C(=C)C.C=C(C)C(=O)CCCC[N+](C)(C)CCCC[N+](C)(C)CCCNC(=O)C(=C)C.C=C(C)C(=O)OCC[N+](C)(C)CCCCCC[N+](C)(C)CCOC(=O)C(=C)C.C=C(C)C(=O)OCC[N+](C)(C)CCCC[N+](C)(C)CCOC(=O)C(=C)C. The number of amides is 2. The maximum absolute atomic E-state index is 11.6. The van der Waals surface area contributed by atoms with E-state index in [9.17, 15) is 38.4 Å². The summed E-state index contributed by atoms with van der Waals surface area (Å²) in [5.74, 6) is -0.947. The summed E-state index contributed by atoms with van der Waals surface area (Å²) in [6, 6.07) is 0. The van der Waals surface area contributed by atoms with Crippen LogP contribution in [0.25, 0.3) is 0 Å². The van der Waals surface area contributed by atoms with E-state index in [1.165, 1.54) is 71.0 Å². The Morgan fingerprint density at radius 1 is 0.214 bits per heavy atom. The van der Waals surface area contributed by atoms with Gasteiger partial charge in [-0.2, -0.15) is 0 Å². The van der Waals surface area contributed by atoms with Gasteiger partial charge in [-0.05, 0) is 144 Å². The van der Waals surface area contributed by atoms with Gasteiger partial charge in [-0.25, -0.2) is 19.2 Å². The van der Waals surface area contributed by atoms with E-state index < -0.39 is 0 Å². The molecule has 0 fully saturated rings. The van der Waals surface area contributed by atoms with Crippen molar-refractivity contribution in [3.05, 3.63) is 97.2 Å². The Bertz CT molecular complexity index is 2730. The van der Waals surface area contributed by atoms with Crippen LogP contribution in [0, 0.1) is 0 Å². The molecule has 0 unspecified atom stereocenters. The molecule has 0 saturated heterocycles. The number of esters is 4. The minimum absolute atomic E-state index is 0.0398. The van der Waals surface area contributed by atoms with Crippen LogP contribution in [0.15, 0.2) is 97.2 Å². The number of hydrogen-bond donors (Lipinski definition) is 2. The van der Waals surface area contributed by atoms with Crippen LogP contribution in [0.4, 0.5) is 0 Å². The Labute approximate surface area is 685 Å². The van der Waals surface area contributed by atoms with E-state index in [2.05, 4.69) is 176 Å². The fraction of sp³-hybridized carbons (Fsp3) is 0.733. The minimum Gasteiger partial charge on any atom is -0.456 e. The van der Waals surface area contributed by atoms with Crippen molar-refractivity contribution in [1.29, 1.82) is 0 Å². The Hall–Kier alpha value is -6.24. The fourth-order valence-electron chi connectivity index (χ4n) is 11.8. The van der Waals surface area contributed by atoms with Crippen LogP contribution in [0.3, 0.4) is 0 Å². The minimum atomic E-state index is -0.323. The van der Waals surface area contributed by atoms with E-state index in [-0.39, 0.29) is 47.3 Å². The Morgan fingerprint density at radius 3 is 0.545 bits per heavy atom. The van der Waals surface area contributed by atoms with Crippen LogP contribution >= 0.6 is 0 Å². The highest BCUT2D eigenvalue weighted by Gasteiger charge is 2.24. The van der Waals surface area contributed by atoms with Crippen LogP contribution in [0.1, 0.15) is 184 Å². The third kappa shape index (κ3) is 69.3. The van der Waals surface area contributed by atoms with Crippen molar-refractivity contribution in [3.8, 4) is 0 Å². The molecule has 22 nitrogen and oxygen atoms in total. The van der Waals surface area contributed by atoms with E-state index >= 15 is 0 Å². The van der Waals surface area contributed by atoms with E-state index in [0.717, 1.165) is 192 Å². The van der Waals surface area contributed by atoms with E-state index in [0.29, 0.717) is 90.4 Å². The van der Waals surface area contributed by atoms with Gasteiger partial charge in [0, 0.05) is 97.9 Å². The number of unbranched alkanes of at least 4 members (excludes halogenated alkanes) is 10. The molecule has 0 saturated carbocycles. The van der Waals surface area contributed by atoms with E-state index in [1.54, 1.807) is 55.4 Å². The first-order valence-electron chi connectivity index (χ1n) is 41.6. The summed E-state index contributed by atoms with van der Waals surface area (Å²) in [7, 11) is 35.5. The first kappa shape index (κ1) is 112. The molecule has 2 N–H and O–H groups in total. The van der Waals surface area contributed by atoms with Crippen molar-refractivity contribution in [3.63, 3.8) is 0 Å². The monoisotopic (exact) mass is 1590 g/mol. The molecule has 0 spiro atoms. The van der Waals surface area contributed by atoms with Gasteiger partial charge in [0.2, 0.25) is 11.8 Å². The highest BCUT2D eigenvalue weighted by Crippen LogP contribution is 2.16. The summed E-state index contributed by atoms with van der Waals surface area (Å²) >= 11 is 0. The van der Waals surface area contributed by atoms with Crippen molar-refractivity contribution >= 4 is 47.3 Å². The molecule has 0 rings (SSSR count). The Balaban J connectivity index is -0.000000695. The third-order valence-corrected chi connectivity index (χ3v) is 20.2. The van der Waals surface area contributed by atoms with Crippen molar-refractivity contribution in [1.82, 2.24) is 10.6 Å². The van der Waals surface area contributed by atoms with Crippen LogP contribution < -0.4 is 10.6 Å². The van der Waals surface area contributed by atoms with Gasteiger partial charge in [0.25, 0.3) is 0 Å². The molecule has 0 bridgehead atoms. The summed E-state index contributed by atoms with van der Waals surface area (Å²) < 4.78 is 28.1. The number of allylic oxidation sites excluding steroid dienone is 2. The Morgan fingerprint density at radius 2 is 0.375 bits per heavy atom. The summed E-state index contributed by atoms with van der Waals surface area (Å²) in [6.07, 6.45) is 21.8. The number of quaternary nitrogens is 8. The number of ketones is 2. The first-order chi connectivity index (χ1) is 51.4. The second-order valence-corrected chi connectivity index (χ2v) is 37.1. The predicted molar refractivity (Wildman–Crippen MR) is 465 cm³/mol. The van der Waals surface area contributed by atoms with Gasteiger partial charge in [0.1, 0.15) is 52.6 Å². The smallest absolute Gasteiger partial charge is 0.333 e. The summed E-state index contributed by atoms with van der Waals surface area (Å²) in [5, 5.41) is 5.81. The molecule has 648 valence electrons. The molecule has 0 aliphatic rings. The van der Waals surface area contributed by atoms with Gasteiger partial charge in [-0.1, -0.05) is 52.6 Å². The van der Waals surface area contributed by atoms with Crippen molar-refractivity contribution in [2.75, 3.05) is 257 Å². The molecule has 0 aromatic rings. The van der Waals surface area contributed by atoms with Gasteiger partial charge in [0.05, 0.1) is 191 Å². The maximum Gasteiger partial charge on any atom is 0.333 e. The molecular formula is C90H174N10O12+8. The standard InChI is InChI=1S/C25H48N3O2.C23H44N3O2.C22H42N2O4.C20H38N2O4/c1-22(2)24(29)16-11-14-20-27(5,6)18-12-9-10-13-19-28(7,8)21-15-17-26-25(30)23(3)4;1-20(2)22(27)14-9-10-16-25(5,6)17-11-12-18-26(7,8)19-13-15-24-23(28)21(3)4;1-19(2)21(25)27-17-15-23(5,6)13-11-9-10-12-14-24(7,8)16-18-28-22(26)20(3)4;1-17(2)19(23)25-15-13-21(5,6)11-9-10-12-22(7,8)14-16-26-20(24)18(3)4/h1,3,9-21H2,2,4-8H3;1,3,9-19H2,2,4-8H3;1,3,9-18H2,2,4-8H3;1,3,9-16H2,2,4-8H3/q2*+1;2*+2/p+2. The quantitative estimate of drug-likeness (QED) is 0.0192. The zero-order valence-corrected chi connectivity index (χ0v) is 76.8. The molecule has 0 atom stereocenters. The molecule has 0 aromatic carbocycles. The number of carbonyl (C=O) groups is 8. The van der Waals surface area contributed by atoms with Crippen LogP contribution in [0.5, 0.6) is 0 Å². The fourth-order valence-corrected chi connectivity index (χ4v) is 11.8. The van der Waals surface area contributed by atoms with E-state index in [1.807, 2.05) is 0 Å². The number of rotatable bonds is 62. The normalized spacial score (nSPS) is 11.9. The largest absolute Gasteiger partial charge is 0.456 e. The number of nitrogens with zero attached hydrogens (tertiary/aromatic N) is 8. The molecule has 0 aliphatic carbocycles. The molecule has 22 heteroatoms. The maximum atomic E-state index is 11.6. The van der Waals surface area contributed by atoms with Gasteiger partial charge >= 0.3 is 23.9 Å². The molecule has 0 heterocycles. The highest BCUT2D eigenvalue weighted by molar-refractivity contribution is 5.95. The average molecular weight is 1590 g/mol. The molecule has 2 amide bonds. The highest BCUT2D eigenvalue weighted by atomic mass is 16.5. The lowest BCUT2D eigenvalue weighted by Gasteiger charge is -2.32. The zero-order chi connectivity index (χ0) is 87.2. The van der Waals surface area contributed by atoms with Gasteiger partial charge in [-0.3, -0.25) is 19.2 Å². The number of hydrogen-bond acceptors (Lipinski definition) is 12. The topological polar surface area (TPSA) is 198 Å². The zero-order valence-electron chi connectivity index (χ0n) is 76.8. The van der Waals surface area contributed by atoms with Crippen LogP contribution in [0.2, 0.25) is 0 Å². The van der Waals surface area contributed by atoms with Crippen LogP contribution in [-0.2, 0) is 57.3 Å². The van der Waals surface area contributed by atoms with Crippen molar-refractivity contribution in [2.24, 2.45) is 0 Å². The number of carbonyl (C=O) groups excluding carboxylic acids is 8. The molecule has 0 radical (unpaired) electrons. The molecule has 112 heavy (non-hydrogen) atoms. The summed E-state index contributed by atoms with van der Waals surface area (Å²) in [5.41, 5.74) is 4.25. The summed E-state index contributed by atoms with van der Waals surface area (Å²) in [6.45, 7) is 62.4. The lowest BCUT2D eigenvalue weighted by atomic mass is 10.1. The number of nitrogens with one attached hydrogen (secondary N) is 2. The lowest BCUT2D eigenvalue weighted by molar-refractivity contribution is -0.897. The second kappa shape index (κ2) is 59.4. The summed E-state index contributed by atoms with van der Waals surface area (Å²) in [4.78, 5) is 91.8. The van der Waals surface area contributed by atoms with Crippen molar-refractivity contribution < 1.29 is 93.2 Å². The third-order valence-electron chi connectivity index (χ3n) is 20.2. The average Bonchev–Trinajstić information content (AvgIpc) is 0.930. The van der Waals surface area contributed by atoms with Gasteiger partial charge in [0.15, 0.2) is 11.6 Å².